The van der Waals surface area contributed by atoms with Crippen molar-refractivity contribution in [1.82, 2.24) is 5.06 Å². The summed E-state index contributed by atoms with van der Waals surface area (Å²) in [5.74, 6) is 0.378. The number of phenols is 2. The largest absolute Gasteiger partial charge is 0.508 e. The molecule has 0 aliphatic heterocycles. The maximum absolute atomic E-state index is 12.1. The molecule has 0 spiro atoms. The van der Waals surface area contributed by atoms with Crippen LogP contribution in [0, 0.1) is 0 Å². The van der Waals surface area contributed by atoms with E-state index in [-0.39, 0.29) is 23.8 Å². The van der Waals surface area contributed by atoms with E-state index in [1.165, 1.54) is 31.5 Å². The lowest BCUT2D eigenvalue weighted by Crippen LogP contribution is -2.14. The Labute approximate surface area is 168 Å². The van der Waals surface area contributed by atoms with Crippen LogP contribution >= 0.6 is 0 Å². The summed E-state index contributed by atoms with van der Waals surface area (Å²) in [4.78, 5) is 12.1. The molecule has 2 aromatic rings. The Hall–Kier alpha value is -3.77. The van der Waals surface area contributed by atoms with Gasteiger partial charge in [-0.25, -0.2) is 0 Å². The van der Waals surface area contributed by atoms with Gasteiger partial charge < -0.3 is 14.9 Å². The van der Waals surface area contributed by atoms with E-state index < -0.39 is 0 Å². The van der Waals surface area contributed by atoms with Crippen LogP contribution in [0.5, 0.6) is 17.2 Å². The van der Waals surface area contributed by atoms with E-state index in [0.717, 1.165) is 21.8 Å². The molecule has 0 fully saturated rings. The second-order valence-electron chi connectivity index (χ2n) is 6.46. The Balaban J connectivity index is 1.74. The molecule has 0 bridgehead atoms. The number of ketones is 1. The number of rotatable bonds is 6. The van der Waals surface area contributed by atoms with Crippen LogP contribution in [0.2, 0.25) is 0 Å². The molecule has 1 aliphatic carbocycles. The molecule has 3 rings (SSSR count). The molecule has 6 nitrogen and oxygen atoms in total. The first-order valence-corrected chi connectivity index (χ1v) is 8.89. The maximum Gasteiger partial charge on any atom is 0.187 e. The summed E-state index contributed by atoms with van der Waals surface area (Å²) in [5, 5.41) is 30.1. The average molecular weight is 391 g/mol. The fourth-order valence-corrected chi connectivity index (χ4v) is 2.76. The summed E-state index contributed by atoms with van der Waals surface area (Å²) in [6.07, 6.45) is 9.84. The molecule has 29 heavy (non-hydrogen) atoms. The van der Waals surface area contributed by atoms with Crippen molar-refractivity contribution in [2.45, 2.75) is 6.54 Å². The Morgan fingerprint density at radius 3 is 2.52 bits per heavy atom. The lowest BCUT2D eigenvalue weighted by molar-refractivity contribution is -0.111. The summed E-state index contributed by atoms with van der Waals surface area (Å²) in [6, 6.07) is 11.4. The van der Waals surface area contributed by atoms with E-state index in [0.29, 0.717) is 11.3 Å². The van der Waals surface area contributed by atoms with E-state index in [1.54, 1.807) is 42.5 Å². The maximum atomic E-state index is 12.1. The normalized spacial score (nSPS) is 15.0. The summed E-state index contributed by atoms with van der Waals surface area (Å²) >= 11 is 0. The van der Waals surface area contributed by atoms with Gasteiger partial charge in [0, 0.05) is 11.8 Å². The molecule has 0 aromatic heterocycles. The molecule has 3 N–H and O–H groups in total. The van der Waals surface area contributed by atoms with Crippen molar-refractivity contribution in [2.75, 3.05) is 7.11 Å². The molecule has 0 saturated carbocycles. The van der Waals surface area contributed by atoms with Gasteiger partial charge in [-0.1, -0.05) is 36.4 Å². The molecule has 0 radical (unpaired) electrons. The van der Waals surface area contributed by atoms with E-state index >= 15 is 0 Å². The van der Waals surface area contributed by atoms with Crippen molar-refractivity contribution in [3.05, 3.63) is 95.2 Å². The SMILES string of the molecule is COc1cc(/C=C/C2=CC(=CN(O)Cc3ccc(O)cc3)C(=O)C=C2)ccc1O. The van der Waals surface area contributed by atoms with Gasteiger partial charge in [0.1, 0.15) is 5.75 Å². The van der Waals surface area contributed by atoms with E-state index in [2.05, 4.69) is 0 Å². The second-order valence-corrected chi connectivity index (χ2v) is 6.46. The minimum atomic E-state index is -0.210. The standard InChI is InChI=1S/C23H21NO5/c1-29-23-13-17(7-11-22(23)27)3-2-16-6-10-21(26)19(12-16)15-24(28)14-18-4-8-20(25)9-5-18/h2-13,15,25,27-28H,14H2,1H3/b3-2+,19-15?. The number of ether oxygens (including phenoxy) is 1. The van der Waals surface area contributed by atoms with E-state index in [9.17, 15) is 20.2 Å². The number of hydrogen-bond acceptors (Lipinski definition) is 6. The third-order valence-electron chi connectivity index (χ3n) is 4.27. The van der Waals surface area contributed by atoms with Crippen molar-refractivity contribution in [3.63, 3.8) is 0 Å². The minimum Gasteiger partial charge on any atom is -0.508 e. The average Bonchev–Trinajstić information content (AvgIpc) is 2.71. The van der Waals surface area contributed by atoms with Crippen LogP contribution in [0.4, 0.5) is 0 Å². The second kappa shape index (κ2) is 8.95. The number of allylic oxidation sites excluding steroid dienone is 6. The number of methoxy groups -OCH3 is 1. The highest BCUT2D eigenvalue weighted by Gasteiger charge is 2.11. The van der Waals surface area contributed by atoms with Gasteiger partial charge >= 0.3 is 0 Å². The molecule has 0 saturated heterocycles. The molecular weight excluding hydrogens is 370 g/mol. The highest BCUT2D eigenvalue weighted by Crippen LogP contribution is 2.27. The zero-order valence-electron chi connectivity index (χ0n) is 15.8. The zero-order valence-corrected chi connectivity index (χ0v) is 15.8. The summed E-state index contributed by atoms with van der Waals surface area (Å²) in [7, 11) is 1.48. The van der Waals surface area contributed by atoms with Gasteiger partial charge in [-0.2, -0.15) is 0 Å². The van der Waals surface area contributed by atoms with E-state index in [1.807, 2.05) is 12.2 Å². The first kappa shape index (κ1) is 20.0. The predicted molar refractivity (Wildman–Crippen MR) is 109 cm³/mol. The molecule has 0 unspecified atom stereocenters. The van der Waals surface area contributed by atoms with Crippen molar-refractivity contribution >= 4 is 11.9 Å². The van der Waals surface area contributed by atoms with Gasteiger partial charge in [0.25, 0.3) is 0 Å². The van der Waals surface area contributed by atoms with Crippen molar-refractivity contribution in [3.8, 4) is 17.2 Å². The molecule has 148 valence electrons. The number of benzene rings is 2. The van der Waals surface area contributed by atoms with Crippen LogP contribution in [0.15, 0.2) is 84.1 Å². The molecule has 0 heterocycles. The highest BCUT2D eigenvalue weighted by atomic mass is 16.5. The first-order chi connectivity index (χ1) is 13.9. The number of aromatic hydroxyl groups is 2. The van der Waals surface area contributed by atoms with Gasteiger partial charge in [-0.15, -0.1) is 0 Å². The fourth-order valence-electron chi connectivity index (χ4n) is 2.76. The van der Waals surface area contributed by atoms with Gasteiger partial charge in [-0.3, -0.25) is 15.1 Å². The Morgan fingerprint density at radius 2 is 1.79 bits per heavy atom. The fraction of sp³-hybridized carbons (Fsp3) is 0.0870. The first-order valence-electron chi connectivity index (χ1n) is 8.89. The Morgan fingerprint density at radius 1 is 1.03 bits per heavy atom. The third-order valence-corrected chi connectivity index (χ3v) is 4.27. The monoisotopic (exact) mass is 391 g/mol. The quantitative estimate of drug-likeness (QED) is 0.510. The predicted octanol–water partition coefficient (Wildman–Crippen LogP) is 3.96. The molecule has 1 aliphatic rings. The van der Waals surface area contributed by atoms with Crippen molar-refractivity contribution in [1.29, 1.82) is 0 Å². The lowest BCUT2D eigenvalue weighted by Gasteiger charge is -2.14. The van der Waals surface area contributed by atoms with Crippen LogP contribution in [0.3, 0.4) is 0 Å². The van der Waals surface area contributed by atoms with Crippen molar-refractivity contribution < 1.29 is 25.0 Å². The number of nitrogens with zero attached hydrogens (tertiary/aromatic N) is 1. The van der Waals surface area contributed by atoms with Gasteiger partial charge in [0.15, 0.2) is 17.3 Å². The van der Waals surface area contributed by atoms with Gasteiger partial charge in [0.2, 0.25) is 0 Å². The van der Waals surface area contributed by atoms with Crippen LogP contribution in [-0.2, 0) is 11.3 Å². The summed E-state index contributed by atoms with van der Waals surface area (Å²) < 4.78 is 5.09. The Bertz CT molecular complexity index is 1020. The highest BCUT2D eigenvalue weighted by molar-refractivity contribution is 6.08. The molecular formula is C23H21NO5. The smallest absolute Gasteiger partial charge is 0.187 e. The Kier molecular flexibility index (Phi) is 6.16. The number of carbonyl (C=O) groups excluding carboxylic acids is 1. The van der Waals surface area contributed by atoms with Gasteiger partial charge in [0.05, 0.1) is 13.7 Å². The lowest BCUT2D eigenvalue weighted by atomic mass is 10.0. The number of hydrogen-bond donors (Lipinski definition) is 3. The topological polar surface area (TPSA) is 90.2 Å². The van der Waals surface area contributed by atoms with Gasteiger partial charge in [-0.05, 0) is 53.1 Å². The number of hydroxylamine groups is 2. The van der Waals surface area contributed by atoms with Crippen LogP contribution in [0.1, 0.15) is 11.1 Å². The van der Waals surface area contributed by atoms with Crippen LogP contribution < -0.4 is 4.74 Å². The minimum absolute atomic E-state index is 0.0638. The van der Waals surface area contributed by atoms with E-state index in [4.69, 9.17) is 4.74 Å². The molecule has 0 amide bonds. The number of phenolic OH excluding ortho intramolecular Hbond substituents is 2. The molecule has 0 atom stereocenters. The van der Waals surface area contributed by atoms with Crippen LogP contribution in [-0.4, -0.2) is 33.4 Å². The molecule has 2 aromatic carbocycles. The summed E-state index contributed by atoms with van der Waals surface area (Å²) in [5.41, 5.74) is 2.73. The summed E-state index contributed by atoms with van der Waals surface area (Å²) in [6.45, 7) is 0.174. The third kappa shape index (κ3) is 5.37. The van der Waals surface area contributed by atoms with Crippen LogP contribution in [0.25, 0.3) is 6.08 Å². The molecule has 6 heteroatoms. The number of carbonyl (C=O) groups is 1. The zero-order chi connectivity index (χ0) is 20.8. The van der Waals surface area contributed by atoms with Crippen molar-refractivity contribution in [2.24, 2.45) is 0 Å².